The average molecular weight is 205 g/mol. The molecule has 2 N–H and O–H groups in total. The van der Waals surface area contributed by atoms with E-state index in [1.165, 1.54) is 18.5 Å². The number of rotatable bonds is 4. The molecule has 1 aromatic heterocycles. The second-order valence-corrected chi connectivity index (χ2v) is 2.95. The van der Waals surface area contributed by atoms with Gasteiger partial charge in [-0.05, 0) is 12.5 Å². The van der Waals surface area contributed by atoms with Gasteiger partial charge in [-0.15, -0.1) is 0 Å². The van der Waals surface area contributed by atoms with Crippen molar-refractivity contribution in [2.45, 2.75) is 12.8 Å². The normalized spacial score (nSPS) is 9.27. The molecule has 0 saturated carbocycles. The van der Waals surface area contributed by atoms with Gasteiger partial charge in [-0.3, -0.25) is 9.78 Å². The number of unbranched alkanes of at least 4 members (excludes halogenated alkanes) is 1. The molecule has 78 valence electrons. The predicted octanol–water partition coefficient (Wildman–Crippen LogP) is 0.821. The van der Waals surface area contributed by atoms with Gasteiger partial charge in [0.25, 0.3) is 5.91 Å². The van der Waals surface area contributed by atoms with E-state index in [0.717, 1.165) is 0 Å². The van der Waals surface area contributed by atoms with Crippen molar-refractivity contribution >= 4 is 5.91 Å². The van der Waals surface area contributed by atoms with Crippen molar-refractivity contribution in [3.8, 4) is 11.8 Å². The van der Waals surface area contributed by atoms with Crippen molar-refractivity contribution in [2.24, 2.45) is 0 Å². The van der Waals surface area contributed by atoms with Gasteiger partial charge in [-0.2, -0.15) is 5.26 Å². The van der Waals surface area contributed by atoms with E-state index in [9.17, 15) is 4.79 Å². The summed E-state index contributed by atoms with van der Waals surface area (Å²) in [4.78, 5) is 15.1. The molecule has 0 bridgehead atoms. The Morgan fingerprint density at radius 1 is 1.60 bits per heavy atom. The highest BCUT2D eigenvalue weighted by Crippen LogP contribution is 2.07. The number of nitrogens with zero attached hydrogens (tertiary/aromatic N) is 2. The fourth-order valence-electron chi connectivity index (χ4n) is 1.02. The fourth-order valence-corrected chi connectivity index (χ4v) is 1.02. The highest BCUT2D eigenvalue weighted by molar-refractivity contribution is 5.94. The monoisotopic (exact) mass is 205 g/mol. The van der Waals surface area contributed by atoms with E-state index in [0.29, 0.717) is 24.9 Å². The highest BCUT2D eigenvalue weighted by Gasteiger charge is 2.05. The molecule has 0 aliphatic heterocycles. The first kappa shape index (κ1) is 11.0. The first-order chi connectivity index (χ1) is 7.24. The molecule has 0 fully saturated rings. The topological polar surface area (TPSA) is 86.0 Å². The van der Waals surface area contributed by atoms with E-state index in [2.05, 4.69) is 10.3 Å². The molecule has 1 aromatic rings. The van der Waals surface area contributed by atoms with E-state index in [-0.39, 0.29) is 11.7 Å². The van der Waals surface area contributed by atoms with Gasteiger partial charge in [0.2, 0.25) is 0 Å². The maximum absolute atomic E-state index is 11.4. The molecule has 1 rings (SSSR count). The molecular weight excluding hydrogens is 194 g/mol. The average Bonchev–Trinajstić information content (AvgIpc) is 2.24. The van der Waals surface area contributed by atoms with Crippen molar-refractivity contribution in [3.05, 3.63) is 24.0 Å². The number of hydrogen-bond donors (Lipinski definition) is 2. The highest BCUT2D eigenvalue weighted by atomic mass is 16.3. The van der Waals surface area contributed by atoms with Crippen LogP contribution >= 0.6 is 0 Å². The lowest BCUT2D eigenvalue weighted by Crippen LogP contribution is -2.24. The number of carbonyl (C=O) groups excluding carboxylic acids is 1. The van der Waals surface area contributed by atoms with Crippen LogP contribution in [-0.2, 0) is 0 Å². The molecule has 0 aliphatic carbocycles. The van der Waals surface area contributed by atoms with Gasteiger partial charge in [0, 0.05) is 19.2 Å². The van der Waals surface area contributed by atoms with Gasteiger partial charge >= 0.3 is 0 Å². The van der Waals surface area contributed by atoms with Crippen LogP contribution in [0.4, 0.5) is 0 Å². The number of aromatic hydroxyl groups is 1. The van der Waals surface area contributed by atoms with Crippen LogP contribution in [0.25, 0.3) is 0 Å². The predicted molar refractivity (Wildman–Crippen MR) is 53.1 cm³/mol. The summed E-state index contributed by atoms with van der Waals surface area (Å²) in [5, 5.41) is 20.0. The van der Waals surface area contributed by atoms with Gasteiger partial charge in [0.15, 0.2) is 0 Å². The number of aromatic nitrogens is 1. The summed E-state index contributed by atoms with van der Waals surface area (Å²) in [5.41, 5.74) is 0.312. The molecule has 1 amide bonds. The lowest BCUT2D eigenvalue weighted by molar-refractivity contribution is 0.0952. The minimum absolute atomic E-state index is 0.0420. The van der Waals surface area contributed by atoms with E-state index in [4.69, 9.17) is 10.4 Å². The Bertz CT molecular complexity index is 384. The van der Waals surface area contributed by atoms with Crippen molar-refractivity contribution in [1.29, 1.82) is 5.26 Å². The van der Waals surface area contributed by atoms with E-state index in [1.54, 1.807) is 0 Å². The molecule has 0 aliphatic rings. The third kappa shape index (κ3) is 3.65. The van der Waals surface area contributed by atoms with Gasteiger partial charge in [0.05, 0.1) is 17.8 Å². The number of nitriles is 1. The molecule has 0 unspecified atom stereocenters. The Balaban J connectivity index is 2.44. The Morgan fingerprint density at radius 3 is 3.07 bits per heavy atom. The Kier molecular flexibility index (Phi) is 4.10. The number of hydrogen-bond acceptors (Lipinski definition) is 4. The van der Waals surface area contributed by atoms with Crippen LogP contribution in [0.5, 0.6) is 5.75 Å². The van der Waals surface area contributed by atoms with Crippen molar-refractivity contribution in [1.82, 2.24) is 10.3 Å². The zero-order valence-electron chi connectivity index (χ0n) is 8.10. The first-order valence-electron chi connectivity index (χ1n) is 4.53. The molecule has 5 nitrogen and oxygen atoms in total. The Hall–Kier alpha value is -2.09. The fraction of sp³-hybridized carbons (Fsp3) is 0.300. The van der Waals surface area contributed by atoms with Crippen molar-refractivity contribution < 1.29 is 9.90 Å². The van der Waals surface area contributed by atoms with Crippen LogP contribution in [0.1, 0.15) is 23.2 Å². The number of amides is 1. The number of nitrogens with one attached hydrogen (secondary N) is 1. The van der Waals surface area contributed by atoms with Crippen LogP contribution in [-0.4, -0.2) is 22.5 Å². The second kappa shape index (κ2) is 5.60. The lowest BCUT2D eigenvalue weighted by Gasteiger charge is -2.03. The van der Waals surface area contributed by atoms with Crippen LogP contribution in [0, 0.1) is 11.3 Å². The lowest BCUT2D eigenvalue weighted by atomic mass is 10.2. The molecule has 1 heterocycles. The van der Waals surface area contributed by atoms with Gasteiger partial charge in [0.1, 0.15) is 5.75 Å². The molecule has 0 saturated heterocycles. The van der Waals surface area contributed by atoms with Crippen molar-refractivity contribution in [3.63, 3.8) is 0 Å². The second-order valence-electron chi connectivity index (χ2n) is 2.95. The summed E-state index contributed by atoms with van der Waals surface area (Å²) in [6, 6.07) is 3.33. The number of carbonyl (C=O) groups is 1. The summed E-state index contributed by atoms with van der Waals surface area (Å²) < 4.78 is 0. The zero-order chi connectivity index (χ0) is 11.1. The molecular formula is C10H11N3O2. The zero-order valence-corrected chi connectivity index (χ0v) is 8.10. The minimum Gasteiger partial charge on any atom is -0.506 e. The summed E-state index contributed by atoms with van der Waals surface area (Å²) >= 11 is 0. The molecule has 15 heavy (non-hydrogen) atoms. The van der Waals surface area contributed by atoms with Crippen molar-refractivity contribution in [2.75, 3.05) is 6.54 Å². The molecule has 0 spiro atoms. The van der Waals surface area contributed by atoms with Crippen LogP contribution in [0.3, 0.4) is 0 Å². The first-order valence-corrected chi connectivity index (χ1v) is 4.53. The van der Waals surface area contributed by atoms with E-state index >= 15 is 0 Å². The van der Waals surface area contributed by atoms with Gasteiger partial charge in [-0.1, -0.05) is 0 Å². The maximum Gasteiger partial charge on any atom is 0.252 e. The Morgan fingerprint density at radius 2 is 2.40 bits per heavy atom. The summed E-state index contributed by atoms with van der Waals surface area (Å²) in [6.07, 6.45) is 3.67. The number of pyridine rings is 1. The van der Waals surface area contributed by atoms with Crippen LogP contribution < -0.4 is 5.32 Å². The SMILES string of the molecule is N#CCCCNC(=O)c1cncc(O)c1. The smallest absolute Gasteiger partial charge is 0.252 e. The van der Waals surface area contributed by atoms with E-state index < -0.39 is 0 Å². The minimum atomic E-state index is -0.295. The quantitative estimate of drug-likeness (QED) is 0.712. The van der Waals surface area contributed by atoms with Crippen LogP contribution in [0.15, 0.2) is 18.5 Å². The summed E-state index contributed by atoms with van der Waals surface area (Å²) in [7, 11) is 0. The largest absolute Gasteiger partial charge is 0.506 e. The summed E-state index contributed by atoms with van der Waals surface area (Å²) in [6.45, 7) is 0.446. The maximum atomic E-state index is 11.4. The third-order valence-corrected chi connectivity index (χ3v) is 1.74. The van der Waals surface area contributed by atoms with Gasteiger partial charge < -0.3 is 10.4 Å². The summed E-state index contributed by atoms with van der Waals surface area (Å²) in [5.74, 6) is -0.337. The van der Waals surface area contributed by atoms with Crippen LogP contribution in [0.2, 0.25) is 0 Å². The Labute approximate surface area is 87.4 Å². The molecule has 0 aromatic carbocycles. The molecule has 0 atom stereocenters. The van der Waals surface area contributed by atoms with E-state index in [1.807, 2.05) is 6.07 Å². The molecule has 5 heteroatoms. The molecule has 0 radical (unpaired) electrons. The third-order valence-electron chi connectivity index (χ3n) is 1.74. The van der Waals surface area contributed by atoms with Gasteiger partial charge in [-0.25, -0.2) is 0 Å². The standard InChI is InChI=1S/C10H11N3O2/c11-3-1-2-4-13-10(15)8-5-9(14)7-12-6-8/h5-7,14H,1-2,4H2,(H,13,15).